The maximum absolute atomic E-state index is 13.8. The quantitative estimate of drug-likeness (QED) is 0.0807. The van der Waals surface area contributed by atoms with Gasteiger partial charge in [-0.05, 0) is 206 Å². The standard InChI is InChI=1S/C24H31N3O.C22H35N3O.C21H33N3O.C21H39N3O.C21H33N3O/c1-23(2,3)21(28)20-18(15-10-8-7-9-11-15)19-16-14-25-13-12-17(16)26-22(19)27(20)24(4,5)6;1-20(2,3)16-15-13-12-23-11-10-14(13)24-19(15)25(22(7,8)9)17(16)18(26)21(4,5)6;1-12(2)15-16-13-11-22-10-9-14(13)23-19(16)24(21(6,7)8)17(15)18(25)20(3,4)5;2*1-12(2)14-15-16-13(10-9-11-22-16)23-19(15)24(21(6,7)8)17(14)18(25)20(3,4)5/h7-14,18-20,22,26H,1-6H3;10-12,15-17,19,24H,1-9H3;9-12,15-17,19,23H,1-8H3;12-17,19,22-23H,9-11H2,1-8H3;9-12,14-15,17,19,23H,1-8H3. The summed E-state index contributed by atoms with van der Waals surface area (Å²) >= 11 is 0. The van der Waals surface area contributed by atoms with Crippen molar-refractivity contribution in [2.45, 2.75) is 413 Å². The molecule has 6 N–H and O–H groups in total. The van der Waals surface area contributed by atoms with E-state index in [4.69, 9.17) is 4.98 Å². The van der Waals surface area contributed by atoms with E-state index in [1.54, 1.807) is 0 Å². The van der Waals surface area contributed by atoms with Crippen molar-refractivity contribution in [2.24, 2.45) is 79.8 Å². The van der Waals surface area contributed by atoms with Gasteiger partial charge in [-0.25, -0.2) is 0 Å². The van der Waals surface area contributed by atoms with Crippen LogP contribution in [0.1, 0.15) is 340 Å². The predicted molar refractivity (Wildman–Crippen MR) is 529 cm³/mol. The highest BCUT2D eigenvalue weighted by molar-refractivity contribution is 5.93. The second kappa shape index (κ2) is 35.7. The molecule has 712 valence electrons. The largest absolute Gasteiger partial charge is 0.369 e. The lowest BCUT2D eigenvalue weighted by molar-refractivity contribution is -0.136. The lowest BCUT2D eigenvalue weighted by Crippen LogP contribution is -2.59. The fourth-order valence-electron chi connectivity index (χ4n) is 25.3. The number of nitrogens with one attached hydrogen (secondary N) is 6. The van der Waals surface area contributed by atoms with Gasteiger partial charge in [0, 0.05) is 179 Å². The summed E-state index contributed by atoms with van der Waals surface area (Å²) in [6.45, 7) is 85.8. The lowest BCUT2D eigenvalue weighted by atomic mass is 9.66. The molecule has 0 amide bonds. The van der Waals surface area contributed by atoms with E-state index >= 15 is 0 Å². The minimum Gasteiger partial charge on any atom is -0.369 e. The second-order valence-electron chi connectivity index (χ2n) is 52.2. The van der Waals surface area contributed by atoms with E-state index in [2.05, 4.69) is 307 Å². The van der Waals surface area contributed by atoms with Crippen molar-refractivity contribution >= 4 is 51.7 Å². The third-order valence-corrected chi connectivity index (χ3v) is 30.3. The zero-order valence-electron chi connectivity index (χ0n) is 86.9. The maximum Gasteiger partial charge on any atom is 0.155 e. The van der Waals surface area contributed by atoms with E-state index in [-0.39, 0.29) is 151 Å². The number of ketones is 5. The normalized spacial score (nSPS) is 30.9. The molecule has 15 heterocycles. The number of fused-ring (bicyclic) bond motifs is 15. The number of carbonyl (C=O) groups excluding carboxylic acids is 5. The SMILES string of the molecule is CC(C)(C)C(=O)C1C(C(C)(C)C)C2c3cnccc3NC2N1C(C)(C)C.CC(C)(C)C(=O)C1C(c2ccccc2)C2c3cnccc3NC2N1C(C)(C)C.CC(C)C1C2C3NCCCC3NC2N(C(C)(C)C)C1C(=O)C(C)(C)C.CC(C)C1C2c3cnccc3NC2N(C(C)(C)C)C1C(=O)C(C)(C)C.CC(C)C1C2c3ncccc3NC2N(C(C)(C)C)C1C(=O)C(C)(C)C. The smallest absolute Gasteiger partial charge is 0.155 e. The zero-order valence-corrected chi connectivity index (χ0v) is 86.9. The van der Waals surface area contributed by atoms with Gasteiger partial charge in [-0.3, -0.25) is 73.7 Å². The number of carbonyl (C=O) groups is 5. The van der Waals surface area contributed by atoms with Gasteiger partial charge in [0.2, 0.25) is 0 Å². The van der Waals surface area contributed by atoms with Crippen LogP contribution in [-0.4, -0.2) is 181 Å². The summed E-state index contributed by atoms with van der Waals surface area (Å²) in [6, 6.07) is 21.4. The number of likely N-dealkylation sites (tertiary alicyclic amines) is 5. The molecule has 0 radical (unpaired) electrons. The van der Waals surface area contributed by atoms with Crippen molar-refractivity contribution < 1.29 is 24.0 Å². The summed E-state index contributed by atoms with van der Waals surface area (Å²) in [5.41, 5.74) is 8.44. The van der Waals surface area contributed by atoms with Crippen LogP contribution in [0.15, 0.2) is 104 Å². The number of benzene rings is 1. The molecule has 20 nitrogen and oxygen atoms in total. The number of hydrogen-bond acceptors (Lipinski definition) is 20. The van der Waals surface area contributed by atoms with E-state index in [1.165, 1.54) is 46.5 Å². The monoisotopic (exact) mass is 1770 g/mol. The van der Waals surface area contributed by atoms with Gasteiger partial charge in [-0.2, -0.15) is 0 Å². The van der Waals surface area contributed by atoms with Crippen LogP contribution >= 0.6 is 0 Å². The lowest BCUT2D eigenvalue weighted by Gasteiger charge is -2.44. The zero-order chi connectivity index (χ0) is 96.1. The summed E-state index contributed by atoms with van der Waals surface area (Å²) in [4.78, 5) is 98.1. The Labute approximate surface area is 779 Å². The molecular formula is C109H171N15O5. The molecule has 16 rings (SSSR count). The first-order valence-corrected chi connectivity index (χ1v) is 49.2. The van der Waals surface area contributed by atoms with E-state index in [9.17, 15) is 24.0 Å². The van der Waals surface area contributed by atoms with Crippen LogP contribution in [0.2, 0.25) is 0 Å². The van der Waals surface area contributed by atoms with Crippen LogP contribution in [0.3, 0.4) is 0 Å². The highest BCUT2D eigenvalue weighted by Crippen LogP contribution is 2.62. The highest BCUT2D eigenvalue weighted by Gasteiger charge is 2.68. The fourth-order valence-corrected chi connectivity index (χ4v) is 25.3. The van der Waals surface area contributed by atoms with Crippen molar-refractivity contribution in [1.29, 1.82) is 0 Å². The molecule has 22 unspecified atom stereocenters. The Bertz CT molecular complexity index is 4710. The number of rotatable bonds is 9. The molecule has 11 aliphatic rings. The Morgan fingerprint density at radius 2 is 0.690 bits per heavy atom. The van der Waals surface area contributed by atoms with Crippen LogP contribution in [0, 0.1) is 79.8 Å². The molecule has 129 heavy (non-hydrogen) atoms. The molecule has 20 heteroatoms. The average Bonchev–Trinajstić information content (AvgIpc) is 1.55. The molecule has 5 aromatic rings. The van der Waals surface area contributed by atoms with Gasteiger partial charge in [0.25, 0.3) is 0 Å². The Morgan fingerprint density at radius 3 is 1.10 bits per heavy atom. The van der Waals surface area contributed by atoms with Gasteiger partial charge in [-0.1, -0.05) is 197 Å². The van der Waals surface area contributed by atoms with Crippen molar-refractivity contribution in [3.63, 3.8) is 0 Å². The molecule has 22 atom stereocenters. The molecule has 1 aromatic carbocycles. The van der Waals surface area contributed by atoms with Crippen molar-refractivity contribution in [3.05, 3.63) is 132 Å². The van der Waals surface area contributed by atoms with E-state index < -0.39 is 5.41 Å². The van der Waals surface area contributed by atoms with Gasteiger partial charge < -0.3 is 26.6 Å². The van der Waals surface area contributed by atoms with Crippen LogP contribution in [0.25, 0.3) is 0 Å². The number of aromatic nitrogens is 4. The van der Waals surface area contributed by atoms with Crippen LogP contribution in [-0.2, 0) is 24.0 Å². The first-order valence-electron chi connectivity index (χ1n) is 49.2. The van der Waals surface area contributed by atoms with Gasteiger partial charge >= 0.3 is 0 Å². The highest BCUT2D eigenvalue weighted by atomic mass is 16.2. The Morgan fingerprint density at radius 1 is 0.349 bits per heavy atom. The van der Waals surface area contributed by atoms with E-state index in [0.29, 0.717) is 82.7 Å². The summed E-state index contributed by atoms with van der Waals surface area (Å²) in [5.74, 6) is 5.90. The molecule has 4 aromatic heterocycles. The first kappa shape index (κ1) is 101. The summed E-state index contributed by atoms with van der Waals surface area (Å²) < 4.78 is 0. The van der Waals surface area contributed by atoms with E-state index in [1.807, 2.05) is 139 Å². The van der Waals surface area contributed by atoms with Crippen molar-refractivity contribution in [2.75, 3.05) is 27.8 Å². The second-order valence-corrected chi connectivity index (χ2v) is 52.2. The number of pyridine rings is 4. The molecule has 0 spiro atoms. The minimum atomic E-state index is -0.405. The fraction of sp³-hybridized carbons (Fsp3) is 0.716. The maximum atomic E-state index is 13.8. The average molecular weight is 1770 g/mol. The Hall–Kier alpha value is -6.91. The number of anilines is 4. The van der Waals surface area contributed by atoms with Gasteiger partial charge in [0.1, 0.15) is 0 Å². The van der Waals surface area contributed by atoms with Gasteiger partial charge in [0.05, 0.1) is 72.4 Å². The molecule has 0 saturated carbocycles. The first-order chi connectivity index (χ1) is 59.2. The minimum absolute atomic E-state index is 0.00664. The number of nitrogens with zero attached hydrogens (tertiary/aromatic N) is 9. The third-order valence-electron chi connectivity index (χ3n) is 30.3. The number of piperidine rings is 1. The summed E-state index contributed by atoms with van der Waals surface area (Å²) in [5, 5.41) is 22.6. The number of Topliss-reactive ketones (excluding diaryl/α,β-unsaturated/α-hetero) is 5. The van der Waals surface area contributed by atoms with Crippen LogP contribution in [0.4, 0.5) is 22.7 Å². The molecule has 7 saturated heterocycles. The third kappa shape index (κ3) is 19.3. The Balaban J connectivity index is 0.000000146. The molecule has 11 aliphatic heterocycles. The van der Waals surface area contributed by atoms with E-state index in [0.717, 1.165) is 23.6 Å². The summed E-state index contributed by atoms with van der Waals surface area (Å²) in [7, 11) is 0. The summed E-state index contributed by atoms with van der Waals surface area (Å²) in [6.07, 6.45) is 16.7. The van der Waals surface area contributed by atoms with Crippen molar-refractivity contribution in [3.8, 4) is 0 Å². The van der Waals surface area contributed by atoms with Crippen LogP contribution < -0.4 is 31.9 Å². The van der Waals surface area contributed by atoms with Gasteiger partial charge in [-0.15, -0.1) is 0 Å². The molecule has 0 bridgehead atoms. The van der Waals surface area contributed by atoms with Crippen molar-refractivity contribution in [1.82, 2.24) is 55.1 Å². The predicted octanol–water partition coefficient (Wildman–Crippen LogP) is 21.1. The van der Waals surface area contributed by atoms with Gasteiger partial charge in [0.15, 0.2) is 28.9 Å². The number of hydrogen-bond donors (Lipinski definition) is 6. The topological polar surface area (TPSA) is 225 Å². The van der Waals surface area contributed by atoms with Crippen LogP contribution in [0.5, 0.6) is 0 Å². The molecule has 7 fully saturated rings. The molecule has 0 aliphatic carbocycles. The Kier molecular flexibility index (Phi) is 28.0. The molecular weight excluding hydrogens is 1600 g/mol.